The zero-order valence-electron chi connectivity index (χ0n) is 26.1. The van der Waals surface area contributed by atoms with Crippen LogP contribution in [0.15, 0.2) is 150 Å². The first-order valence-corrected chi connectivity index (χ1v) is 16.1. The highest BCUT2D eigenvalue weighted by molar-refractivity contribution is 6.22. The van der Waals surface area contributed by atoms with E-state index in [1.54, 1.807) is 6.07 Å². The van der Waals surface area contributed by atoms with Crippen molar-refractivity contribution in [3.63, 3.8) is 0 Å². The molecule has 0 saturated heterocycles. The van der Waals surface area contributed by atoms with E-state index in [9.17, 15) is 10.5 Å². The van der Waals surface area contributed by atoms with Crippen LogP contribution in [0, 0.1) is 22.7 Å². The summed E-state index contributed by atoms with van der Waals surface area (Å²) >= 11 is 0. The Bertz CT molecular complexity index is 3090. The maximum atomic E-state index is 9.84. The monoisotopic (exact) mass is 624 g/mol. The van der Waals surface area contributed by atoms with Crippen molar-refractivity contribution >= 4 is 65.6 Å². The lowest BCUT2D eigenvalue weighted by Gasteiger charge is -2.13. The van der Waals surface area contributed by atoms with E-state index in [1.807, 2.05) is 36.4 Å². The van der Waals surface area contributed by atoms with Gasteiger partial charge in [0.2, 0.25) is 0 Å². The Labute approximate surface area is 280 Å². The van der Waals surface area contributed by atoms with Crippen molar-refractivity contribution in [3.8, 4) is 34.6 Å². The Balaban J connectivity index is 1.19. The third-order valence-corrected chi connectivity index (χ3v) is 9.76. The summed E-state index contributed by atoms with van der Waals surface area (Å²) in [5.41, 5.74) is 11.0. The normalized spacial score (nSPS) is 11.6. The molecule has 7 aromatic carbocycles. The Hall–Kier alpha value is -7.08. The topological polar surface area (TPSA) is 70.6 Å². The van der Waals surface area contributed by atoms with Crippen molar-refractivity contribution in [2.75, 3.05) is 0 Å². The zero-order chi connectivity index (χ0) is 32.6. The fourth-order valence-corrected chi connectivity index (χ4v) is 7.63. The number of hydrogen-bond acceptors (Lipinski definition) is 3. The molecule has 10 aromatic rings. The maximum absolute atomic E-state index is 9.84. The van der Waals surface area contributed by atoms with Gasteiger partial charge in [-0.1, -0.05) is 78.9 Å². The number of rotatable bonds is 3. The molecule has 0 radical (unpaired) electrons. The molecule has 0 aliphatic carbocycles. The average Bonchev–Trinajstić information content (AvgIpc) is 3.82. The molecule has 0 aliphatic heterocycles. The Morgan fingerprint density at radius 3 is 1.76 bits per heavy atom. The summed E-state index contributed by atoms with van der Waals surface area (Å²) in [4.78, 5) is 0. The second kappa shape index (κ2) is 10.2. The van der Waals surface area contributed by atoms with Crippen LogP contribution in [-0.2, 0) is 0 Å². The van der Waals surface area contributed by atoms with Crippen LogP contribution in [0.3, 0.4) is 0 Å². The van der Waals surface area contributed by atoms with Crippen LogP contribution < -0.4 is 0 Å². The van der Waals surface area contributed by atoms with Gasteiger partial charge in [-0.3, -0.25) is 0 Å². The van der Waals surface area contributed by atoms with Gasteiger partial charge in [-0.25, -0.2) is 0 Å². The minimum Gasteiger partial charge on any atom is -0.452 e. The third-order valence-electron chi connectivity index (χ3n) is 9.76. The fraction of sp³-hybridized carbons (Fsp3) is 0. The molecule has 0 N–H and O–H groups in total. The van der Waals surface area contributed by atoms with Gasteiger partial charge in [-0.2, -0.15) is 10.5 Å². The van der Waals surface area contributed by atoms with Gasteiger partial charge in [0.1, 0.15) is 6.07 Å². The van der Waals surface area contributed by atoms with Gasteiger partial charge in [0.05, 0.1) is 39.3 Å². The predicted octanol–water partition coefficient (Wildman–Crippen LogP) is 11.2. The molecule has 226 valence electrons. The Morgan fingerprint density at radius 1 is 0.429 bits per heavy atom. The number of para-hydroxylation sites is 3. The summed E-state index contributed by atoms with van der Waals surface area (Å²) in [6, 6.07) is 54.6. The number of nitriles is 2. The molecule has 0 fully saturated rings. The number of aromatic nitrogens is 2. The molecule has 0 saturated carbocycles. The smallest absolute Gasteiger partial charge is 0.160 e. The molecule has 0 amide bonds. The van der Waals surface area contributed by atoms with Crippen LogP contribution in [-0.4, -0.2) is 9.13 Å². The number of fused-ring (bicyclic) bond motifs is 10. The molecule has 0 bridgehead atoms. The van der Waals surface area contributed by atoms with E-state index in [1.165, 1.54) is 0 Å². The maximum Gasteiger partial charge on any atom is 0.160 e. The SMILES string of the molecule is N#Cc1ccc2c(c1)c1ccccc1n2-c1cccc(-c2cccc(-n3c4ccccc4c4ccc5c6cccc(C#N)c6oc5c43)c2)c1. The highest BCUT2D eigenvalue weighted by Gasteiger charge is 2.20. The van der Waals surface area contributed by atoms with Crippen LogP contribution in [0.5, 0.6) is 0 Å². The highest BCUT2D eigenvalue weighted by atomic mass is 16.3. The van der Waals surface area contributed by atoms with Crippen molar-refractivity contribution in [2.24, 2.45) is 0 Å². The highest BCUT2D eigenvalue weighted by Crippen LogP contribution is 2.41. The van der Waals surface area contributed by atoms with E-state index in [0.29, 0.717) is 16.7 Å². The van der Waals surface area contributed by atoms with Gasteiger partial charge < -0.3 is 13.6 Å². The number of hydrogen-bond donors (Lipinski definition) is 0. The summed E-state index contributed by atoms with van der Waals surface area (Å²) in [7, 11) is 0. The summed E-state index contributed by atoms with van der Waals surface area (Å²) in [6.45, 7) is 0. The van der Waals surface area contributed by atoms with E-state index < -0.39 is 0 Å². The third kappa shape index (κ3) is 3.85. The molecule has 49 heavy (non-hydrogen) atoms. The van der Waals surface area contributed by atoms with Gasteiger partial charge in [0.25, 0.3) is 0 Å². The molecule has 10 rings (SSSR count). The van der Waals surface area contributed by atoms with E-state index >= 15 is 0 Å². The molecule has 0 atom stereocenters. The number of nitrogens with zero attached hydrogens (tertiary/aromatic N) is 4. The molecule has 0 unspecified atom stereocenters. The van der Waals surface area contributed by atoms with Gasteiger partial charge in [-0.15, -0.1) is 0 Å². The van der Waals surface area contributed by atoms with Crippen molar-refractivity contribution < 1.29 is 4.42 Å². The molecular formula is C44H24N4O. The van der Waals surface area contributed by atoms with Crippen LogP contribution in [0.25, 0.3) is 88.1 Å². The first-order chi connectivity index (χ1) is 24.2. The summed E-state index contributed by atoms with van der Waals surface area (Å²) in [5, 5.41) is 25.8. The van der Waals surface area contributed by atoms with E-state index in [-0.39, 0.29) is 0 Å². The lowest BCUT2D eigenvalue weighted by atomic mass is 10.0. The molecule has 3 aromatic heterocycles. The van der Waals surface area contributed by atoms with Crippen molar-refractivity contribution in [1.29, 1.82) is 10.5 Å². The number of furan rings is 1. The lowest BCUT2D eigenvalue weighted by Crippen LogP contribution is -1.96. The van der Waals surface area contributed by atoms with Crippen LogP contribution >= 0.6 is 0 Å². The van der Waals surface area contributed by atoms with E-state index in [0.717, 1.165) is 82.5 Å². The van der Waals surface area contributed by atoms with Crippen molar-refractivity contribution in [2.45, 2.75) is 0 Å². The van der Waals surface area contributed by atoms with Crippen molar-refractivity contribution in [1.82, 2.24) is 9.13 Å². The van der Waals surface area contributed by atoms with E-state index in [2.05, 4.69) is 124 Å². The van der Waals surface area contributed by atoms with Gasteiger partial charge in [0, 0.05) is 43.7 Å². The second-order valence-electron chi connectivity index (χ2n) is 12.4. The Morgan fingerprint density at radius 2 is 1.02 bits per heavy atom. The largest absolute Gasteiger partial charge is 0.452 e. The predicted molar refractivity (Wildman–Crippen MR) is 197 cm³/mol. The van der Waals surface area contributed by atoms with Crippen LogP contribution in [0.2, 0.25) is 0 Å². The minimum atomic E-state index is 0.528. The lowest BCUT2D eigenvalue weighted by molar-refractivity contribution is 0.670. The summed E-state index contributed by atoms with van der Waals surface area (Å²) < 4.78 is 11.1. The fourth-order valence-electron chi connectivity index (χ4n) is 7.63. The van der Waals surface area contributed by atoms with Crippen LogP contribution in [0.4, 0.5) is 0 Å². The molecule has 0 spiro atoms. The average molecular weight is 625 g/mol. The van der Waals surface area contributed by atoms with Gasteiger partial charge in [0.15, 0.2) is 11.2 Å². The summed E-state index contributed by atoms with van der Waals surface area (Å²) in [5.74, 6) is 0. The Kier molecular flexibility index (Phi) is 5.64. The van der Waals surface area contributed by atoms with Gasteiger partial charge >= 0.3 is 0 Å². The molecule has 0 aliphatic rings. The second-order valence-corrected chi connectivity index (χ2v) is 12.4. The number of benzene rings is 7. The first kappa shape index (κ1) is 27.1. The molecule has 5 heteroatoms. The van der Waals surface area contributed by atoms with Gasteiger partial charge in [-0.05, 0) is 77.9 Å². The molecule has 3 heterocycles. The summed E-state index contributed by atoms with van der Waals surface area (Å²) in [6.07, 6.45) is 0. The zero-order valence-corrected chi connectivity index (χ0v) is 26.1. The first-order valence-electron chi connectivity index (χ1n) is 16.1. The van der Waals surface area contributed by atoms with Crippen molar-refractivity contribution in [3.05, 3.63) is 157 Å². The minimum absolute atomic E-state index is 0.528. The molecule has 5 nitrogen and oxygen atoms in total. The van der Waals surface area contributed by atoms with E-state index in [4.69, 9.17) is 4.42 Å². The quantitative estimate of drug-likeness (QED) is 0.196. The molecular weight excluding hydrogens is 601 g/mol. The standard InChI is InChI=1S/C44H24N4O/c45-25-27-18-21-41-38(22-27)34-14-2-3-16-39(34)47(41)31-11-5-8-28(23-31)29-9-6-12-32(24-29)48-40-17-4-1-13-33(40)35-19-20-37-36-15-7-10-30(26-46)43(36)49-44(37)42(35)48/h1-24H. The van der Waals surface area contributed by atoms with Crippen LogP contribution in [0.1, 0.15) is 11.1 Å².